The van der Waals surface area contributed by atoms with Gasteiger partial charge in [-0.05, 0) is 49.0 Å². The van der Waals surface area contributed by atoms with Crippen molar-refractivity contribution >= 4 is 15.9 Å². The summed E-state index contributed by atoms with van der Waals surface area (Å²) in [5, 5.41) is 3.31. The highest BCUT2D eigenvalue weighted by molar-refractivity contribution is 9.10. The lowest BCUT2D eigenvalue weighted by Crippen LogP contribution is -2.16. The molecule has 1 saturated carbocycles. The lowest BCUT2D eigenvalue weighted by atomic mass is 10.1. The van der Waals surface area contributed by atoms with E-state index in [-0.39, 0.29) is 5.82 Å². The molecule has 15 heavy (non-hydrogen) atoms. The van der Waals surface area contributed by atoms with Crippen molar-refractivity contribution in [2.45, 2.75) is 19.3 Å². The monoisotopic (exact) mass is 271 g/mol. The maximum atomic E-state index is 13.6. The van der Waals surface area contributed by atoms with Crippen molar-refractivity contribution in [2.24, 2.45) is 5.92 Å². The highest BCUT2D eigenvalue weighted by Crippen LogP contribution is 2.47. The summed E-state index contributed by atoms with van der Waals surface area (Å²) < 4.78 is 14.4. The maximum absolute atomic E-state index is 13.6. The maximum Gasteiger partial charge on any atom is 0.127 e. The molecular formula is C12H15BrFN. The first kappa shape index (κ1) is 11.1. The fraction of sp³-hybridized carbons (Fsp3) is 0.500. The number of rotatable bonds is 4. The number of nitrogens with one attached hydrogen (secondary N) is 1. The number of benzene rings is 1. The Bertz CT molecular complexity index is 353. The number of hydrogen-bond acceptors (Lipinski definition) is 1. The molecule has 2 unspecified atom stereocenters. The van der Waals surface area contributed by atoms with Crippen LogP contribution in [0.2, 0.25) is 0 Å². The van der Waals surface area contributed by atoms with E-state index in [0.29, 0.717) is 11.8 Å². The van der Waals surface area contributed by atoms with Crippen molar-refractivity contribution in [3.05, 3.63) is 34.1 Å². The van der Waals surface area contributed by atoms with Gasteiger partial charge in [0.05, 0.1) is 0 Å². The molecule has 1 aromatic rings. The van der Waals surface area contributed by atoms with Crippen LogP contribution in [-0.2, 0) is 0 Å². The van der Waals surface area contributed by atoms with E-state index in [1.807, 2.05) is 12.1 Å². The summed E-state index contributed by atoms with van der Waals surface area (Å²) in [5.41, 5.74) is 0.876. The van der Waals surface area contributed by atoms with E-state index in [4.69, 9.17) is 0 Å². The van der Waals surface area contributed by atoms with Gasteiger partial charge in [0.1, 0.15) is 5.82 Å². The predicted octanol–water partition coefficient (Wildman–Crippen LogP) is 3.30. The Balaban J connectivity index is 2.00. The fourth-order valence-corrected chi connectivity index (χ4v) is 2.32. The van der Waals surface area contributed by atoms with Gasteiger partial charge in [-0.1, -0.05) is 28.9 Å². The fourth-order valence-electron chi connectivity index (χ4n) is 1.99. The van der Waals surface area contributed by atoms with E-state index in [0.717, 1.165) is 29.5 Å². The summed E-state index contributed by atoms with van der Waals surface area (Å²) in [6.07, 6.45) is 1.12. The van der Waals surface area contributed by atoms with Gasteiger partial charge in [0.2, 0.25) is 0 Å². The molecule has 82 valence electrons. The number of hydrogen-bond donors (Lipinski definition) is 1. The number of halogens is 2. The van der Waals surface area contributed by atoms with Crippen LogP contribution in [-0.4, -0.2) is 13.1 Å². The Labute approximate surface area is 98.2 Å². The average Bonchev–Trinajstić information content (AvgIpc) is 2.94. The highest BCUT2D eigenvalue weighted by Gasteiger charge is 2.39. The first-order chi connectivity index (χ1) is 7.22. The van der Waals surface area contributed by atoms with Crippen LogP contribution in [0.1, 0.15) is 24.8 Å². The zero-order valence-electron chi connectivity index (χ0n) is 8.76. The highest BCUT2D eigenvalue weighted by atomic mass is 79.9. The molecule has 0 aromatic heterocycles. The summed E-state index contributed by atoms with van der Waals surface area (Å²) in [7, 11) is 0. The van der Waals surface area contributed by atoms with Crippen LogP contribution in [0.3, 0.4) is 0 Å². The van der Waals surface area contributed by atoms with Gasteiger partial charge in [-0.3, -0.25) is 0 Å². The molecule has 1 aliphatic carbocycles. The second-order valence-electron chi connectivity index (χ2n) is 4.08. The van der Waals surface area contributed by atoms with E-state index in [1.165, 1.54) is 0 Å². The molecule has 2 atom stereocenters. The molecule has 1 fully saturated rings. The van der Waals surface area contributed by atoms with E-state index in [9.17, 15) is 4.39 Å². The van der Waals surface area contributed by atoms with Gasteiger partial charge in [0.15, 0.2) is 0 Å². The SMILES string of the molecule is CCNCC1CC1c1ccc(Br)cc1F. The van der Waals surface area contributed by atoms with Crippen molar-refractivity contribution in [3.8, 4) is 0 Å². The first-order valence-electron chi connectivity index (χ1n) is 5.38. The third kappa shape index (κ3) is 2.58. The molecule has 0 amide bonds. The van der Waals surface area contributed by atoms with Gasteiger partial charge >= 0.3 is 0 Å². The molecule has 1 N–H and O–H groups in total. The van der Waals surface area contributed by atoms with Crippen molar-refractivity contribution in [1.82, 2.24) is 5.32 Å². The molecular weight excluding hydrogens is 257 g/mol. The summed E-state index contributed by atoms with van der Waals surface area (Å²) >= 11 is 3.27. The first-order valence-corrected chi connectivity index (χ1v) is 6.17. The van der Waals surface area contributed by atoms with Gasteiger partial charge < -0.3 is 5.32 Å². The largest absolute Gasteiger partial charge is 0.317 e. The Morgan fingerprint density at radius 3 is 3.00 bits per heavy atom. The van der Waals surface area contributed by atoms with Crippen molar-refractivity contribution in [2.75, 3.05) is 13.1 Å². The molecule has 0 radical (unpaired) electrons. The van der Waals surface area contributed by atoms with Crippen LogP contribution in [0.4, 0.5) is 4.39 Å². The summed E-state index contributed by atoms with van der Waals surface area (Å²) in [5.74, 6) is 0.978. The zero-order chi connectivity index (χ0) is 10.8. The Kier molecular flexibility index (Phi) is 3.42. The Morgan fingerprint density at radius 1 is 1.53 bits per heavy atom. The van der Waals surface area contributed by atoms with E-state index < -0.39 is 0 Å². The topological polar surface area (TPSA) is 12.0 Å². The van der Waals surface area contributed by atoms with Crippen molar-refractivity contribution < 1.29 is 4.39 Å². The zero-order valence-corrected chi connectivity index (χ0v) is 10.3. The van der Waals surface area contributed by atoms with Crippen LogP contribution in [0, 0.1) is 11.7 Å². The lowest BCUT2D eigenvalue weighted by molar-refractivity contribution is 0.596. The molecule has 3 heteroatoms. The smallest absolute Gasteiger partial charge is 0.127 e. The summed E-state index contributed by atoms with van der Waals surface area (Å²) in [6.45, 7) is 4.10. The van der Waals surface area contributed by atoms with Gasteiger partial charge in [-0.2, -0.15) is 0 Å². The predicted molar refractivity (Wildman–Crippen MR) is 63.5 cm³/mol. The minimum Gasteiger partial charge on any atom is -0.317 e. The van der Waals surface area contributed by atoms with E-state index in [1.54, 1.807) is 6.07 Å². The third-order valence-corrected chi connectivity index (χ3v) is 3.43. The average molecular weight is 272 g/mol. The van der Waals surface area contributed by atoms with Gasteiger partial charge in [-0.15, -0.1) is 0 Å². The standard InChI is InChI=1S/C12H15BrFN/c1-2-15-7-8-5-11(8)10-4-3-9(13)6-12(10)14/h3-4,6,8,11,15H,2,5,7H2,1H3. The molecule has 0 heterocycles. The van der Waals surface area contributed by atoms with E-state index >= 15 is 0 Å². The minimum atomic E-state index is -0.0756. The van der Waals surface area contributed by atoms with Crippen LogP contribution in [0.25, 0.3) is 0 Å². The van der Waals surface area contributed by atoms with Crippen LogP contribution in [0.15, 0.2) is 22.7 Å². The van der Waals surface area contributed by atoms with Gasteiger partial charge in [0.25, 0.3) is 0 Å². The molecule has 0 saturated heterocycles. The van der Waals surface area contributed by atoms with Crippen LogP contribution < -0.4 is 5.32 Å². The normalized spacial score (nSPS) is 24.2. The quantitative estimate of drug-likeness (QED) is 0.886. The Morgan fingerprint density at radius 2 is 2.33 bits per heavy atom. The molecule has 0 aliphatic heterocycles. The minimum absolute atomic E-state index is 0.0756. The van der Waals surface area contributed by atoms with Gasteiger partial charge in [-0.25, -0.2) is 4.39 Å². The third-order valence-electron chi connectivity index (χ3n) is 2.94. The van der Waals surface area contributed by atoms with Crippen molar-refractivity contribution in [1.29, 1.82) is 0 Å². The molecule has 1 aromatic carbocycles. The molecule has 2 rings (SSSR count). The molecule has 0 spiro atoms. The molecule has 0 bridgehead atoms. The van der Waals surface area contributed by atoms with Crippen LogP contribution in [0.5, 0.6) is 0 Å². The van der Waals surface area contributed by atoms with Crippen LogP contribution >= 0.6 is 15.9 Å². The summed E-state index contributed by atoms with van der Waals surface area (Å²) in [6, 6.07) is 5.37. The second kappa shape index (κ2) is 4.62. The Hall–Kier alpha value is -0.410. The summed E-state index contributed by atoms with van der Waals surface area (Å²) in [4.78, 5) is 0. The second-order valence-corrected chi connectivity index (χ2v) is 4.99. The molecule has 1 aliphatic rings. The molecule has 1 nitrogen and oxygen atoms in total. The van der Waals surface area contributed by atoms with Crippen molar-refractivity contribution in [3.63, 3.8) is 0 Å². The van der Waals surface area contributed by atoms with E-state index in [2.05, 4.69) is 28.2 Å². The lowest BCUT2D eigenvalue weighted by Gasteiger charge is -2.03. The van der Waals surface area contributed by atoms with Gasteiger partial charge in [0, 0.05) is 4.47 Å².